The van der Waals surface area contributed by atoms with Gasteiger partial charge in [0.2, 0.25) is 5.91 Å². The van der Waals surface area contributed by atoms with Gasteiger partial charge in [-0.15, -0.1) is 11.8 Å². The standard InChI is InChI=1S/C21H17FN2O3S/c1-27-16-4-2-3-13(9-16)17-10-19(25)24-20(18(17)11-23)28-12-21(24,26)14-5-7-15(22)8-6-14/h2-9,17,26H,10,12H2,1H3/t17-,21-/m1/s1. The van der Waals surface area contributed by atoms with Crippen LogP contribution in [0.4, 0.5) is 4.39 Å². The van der Waals surface area contributed by atoms with E-state index in [1.165, 1.54) is 40.9 Å². The van der Waals surface area contributed by atoms with Crippen molar-refractivity contribution in [3.63, 3.8) is 0 Å². The normalized spacial score (nSPS) is 24.1. The van der Waals surface area contributed by atoms with Crippen LogP contribution in [0.2, 0.25) is 0 Å². The first kappa shape index (κ1) is 18.5. The third kappa shape index (κ3) is 2.86. The van der Waals surface area contributed by atoms with E-state index in [1.807, 2.05) is 18.2 Å². The number of nitriles is 1. The number of halogens is 1. The highest BCUT2D eigenvalue weighted by atomic mass is 32.2. The van der Waals surface area contributed by atoms with Crippen molar-refractivity contribution in [3.05, 3.63) is 76.1 Å². The molecule has 4 rings (SSSR count). The van der Waals surface area contributed by atoms with Crippen molar-refractivity contribution in [2.45, 2.75) is 18.1 Å². The van der Waals surface area contributed by atoms with Crippen molar-refractivity contribution >= 4 is 17.7 Å². The second-order valence-corrected chi connectivity index (χ2v) is 7.67. The summed E-state index contributed by atoms with van der Waals surface area (Å²) < 4.78 is 18.6. The molecule has 0 radical (unpaired) electrons. The molecule has 0 aromatic heterocycles. The number of hydrogen-bond donors (Lipinski definition) is 1. The molecule has 1 saturated heterocycles. The van der Waals surface area contributed by atoms with Crippen molar-refractivity contribution in [2.75, 3.05) is 12.9 Å². The summed E-state index contributed by atoms with van der Waals surface area (Å²) in [6.07, 6.45) is 0.0592. The monoisotopic (exact) mass is 396 g/mol. The Morgan fingerprint density at radius 3 is 2.75 bits per heavy atom. The molecule has 2 aromatic rings. The third-order valence-electron chi connectivity index (χ3n) is 5.11. The lowest BCUT2D eigenvalue weighted by Gasteiger charge is -2.38. The molecule has 0 bridgehead atoms. The molecule has 2 aliphatic rings. The van der Waals surface area contributed by atoms with E-state index in [0.29, 0.717) is 21.9 Å². The summed E-state index contributed by atoms with van der Waals surface area (Å²) in [4.78, 5) is 14.3. The van der Waals surface area contributed by atoms with Crippen molar-refractivity contribution in [1.29, 1.82) is 5.26 Å². The number of carbonyl (C=O) groups is 1. The summed E-state index contributed by atoms with van der Waals surface area (Å²) in [5.41, 5.74) is 0.0682. The summed E-state index contributed by atoms with van der Waals surface area (Å²) in [5, 5.41) is 21.6. The molecule has 2 aromatic carbocycles. The number of rotatable bonds is 3. The number of ether oxygens (including phenoxy) is 1. The second-order valence-electron chi connectivity index (χ2n) is 6.71. The maximum Gasteiger partial charge on any atom is 0.231 e. The van der Waals surface area contributed by atoms with E-state index in [4.69, 9.17) is 4.74 Å². The lowest BCUT2D eigenvalue weighted by molar-refractivity contribution is -0.149. The zero-order valence-electron chi connectivity index (χ0n) is 15.1. The molecule has 0 saturated carbocycles. The van der Waals surface area contributed by atoms with Crippen molar-refractivity contribution in [2.24, 2.45) is 0 Å². The fourth-order valence-corrected chi connectivity index (χ4v) is 5.06. The number of hydrogen-bond acceptors (Lipinski definition) is 5. The predicted octanol–water partition coefficient (Wildman–Crippen LogP) is 3.48. The van der Waals surface area contributed by atoms with Crippen LogP contribution in [0.15, 0.2) is 59.1 Å². The first-order valence-electron chi connectivity index (χ1n) is 8.70. The van der Waals surface area contributed by atoms with Gasteiger partial charge in [-0.3, -0.25) is 9.69 Å². The molecule has 7 heteroatoms. The fourth-order valence-electron chi connectivity index (χ4n) is 3.70. The Hall–Kier alpha value is -2.82. The van der Waals surface area contributed by atoms with Crippen LogP contribution < -0.4 is 4.74 Å². The van der Waals surface area contributed by atoms with Gasteiger partial charge in [0.15, 0.2) is 5.72 Å². The number of carbonyl (C=O) groups excluding carboxylic acids is 1. The molecule has 1 amide bonds. The largest absolute Gasteiger partial charge is 0.497 e. The second kappa shape index (κ2) is 6.97. The lowest BCUT2D eigenvalue weighted by atomic mass is 9.85. The van der Waals surface area contributed by atoms with E-state index in [1.54, 1.807) is 13.2 Å². The van der Waals surface area contributed by atoms with Crippen LogP contribution in [0.25, 0.3) is 0 Å². The summed E-state index contributed by atoms with van der Waals surface area (Å²) >= 11 is 1.26. The van der Waals surface area contributed by atoms with E-state index in [2.05, 4.69) is 6.07 Å². The van der Waals surface area contributed by atoms with Crippen molar-refractivity contribution < 1.29 is 19.0 Å². The Balaban J connectivity index is 1.79. The number of aliphatic hydroxyl groups is 1. The molecule has 2 heterocycles. The minimum Gasteiger partial charge on any atom is -0.497 e. The summed E-state index contributed by atoms with van der Waals surface area (Å²) in [6, 6.07) is 15.0. The van der Waals surface area contributed by atoms with Crippen LogP contribution in [0.3, 0.4) is 0 Å². The summed E-state index contributed by atoms with van der Waals surface area (Å²) in [6.45, 7) is 0. The van der Waals surface area contributed by atoms with Gasteiger partial charge in [0.05, 0.1) is 29.5 Å². The molecule has 0 aliphatic carbocycles. The van der Waals surface area contributed by atoms with Crippen LogP contribution in [-0.2, 0) is 10.5 Å². The number of fused-ring (bicyclic) bond motifs is 1. The highest BCUT2D eigenvalue weighted by Crippen LogP contribution is 2.51. The summed E-state index contributed by atoms with van der Waals surface area (Å²) in [7, 11) is 1.56. The average Bonchev–Trinajstić information content (AvgIpc) is 3.07. The molecule has 2 atom stereocenters. The Labute approximate surface area is 166 Å². The highest BCUT2D eigenvalue weighted by molar-refractivity contribution is 8.03. The van der Waals surface area contributed by atoms with E-state index in [-0.39, 0.29) is 18.1 Å². The molecule has 28 heavy (non-hydrogen) atoms. The molecule has 142 valence electrons. The van der Waals surface area contributed by atoms with Gasteiger partial charge in [-0.25, -0.2) is 4.39 Å². The topological polar surface area (TPSA) is 73.6 Å². The quantitative estimate of drug-likeness (QED) is 0.860. The minimum atomic E-state index is -1.60. The SMILES string of the molecule is COc1cccc([C@H]2CC(=O)N3C(=C2C#N)SC[C@@]3(O)c2ccc(F)cc2)c1. The van der Waals surface area contributed by atoms with Gasteiger partial charge in [0, 0.05) is 17.9 Å². The number of nitrogens with zero attached hydrogens (tertiary/aromatic N) is 2. The third-order valence-corrected chi connectivity index (χ3v) is 6.34. The van der Waals surface area contributed by atoms with Crippen LogP contribution >= 0.6 is 11.8 Å². The van der Waals surface area contributed by atoms with Crippen LogP contribution in [0, 0.1) is 17.1 Å². The molecule has 5 nitrogen and oxygen atoms in total. The Morgan fingerprint density at radius 1 is 1.32 bits per heavy atom. The van der Waals surface area contributed by atoms with Crippen molar-refractivity contribution in [3.8, 4) is 11.8 Å². The van der Waals surface area contributed by atoms with Crippen LogP contribution in [-0.4, -0.2) is 28.8 Å². The van der Waals surface area contributed by atoms with Gasteiger partial charge in [-0.1, -0.05) is 24.3 Å². The zero-order chi connectivity index (χ0) is 19.9. The van der Waals surface area contributed by atoms with Gasteiger partial charge in [0.25, 0.3) is 0 Å². The molecule has 1 fully saturated rings. The Bertz CT molecular complexity index is 1020. The van der Waals surface area contributed by atoms with E-state index >= 15 is 0 Å². The number of methoxy groups -OCH3 is 1. The smallest absolute Gasteiger partial charge is 0.231 e. The number of thioether (sulfide) groups is 1. The lowest BCUT2D eigenvalue weighted by Crippen LogP contribution is -2.48. The van der Waals surface area contributed by atoms with Crippen molar-refractivity contribution in [1.82, 2.24) is 4.90 Å². The first-order valence-corrected chi connectivity index (χ1v) is 9.69. The highest BCUT2D eigenvalue weighted by Gasteiger charge is 2.51. The molecular weight excluding hydrogens is 379 g/mol. The zero-order valence-corrected chi connectivity index (χ0v) is 15.9. The minimum absolute atomic E-state index is 0.0592. The Morgan fingerprint density at radius 2 is 2.07 bits per heavy atom. The van der Waals surface area contributed by atoms with E-state index in [9.17, 15) is 19.6 Å². The van der Waals surface area contributed by atoms with Crippen LogP contribution in [0.1, 0.15) is 23.5 Å². The first-order chi connectivity index (χ1) is 13.5. The Kier molecular flexibility index (Phi) is 4.61. The number of benzene rings is 2. The molecule has 1 N–H and O–H groups in total. The predicted molar refractivity (Wildman–Crippen MR) is 103 cm³/mol. The summed E-state index contributed by atoms with van der Waals surface area (Å²) in [5.74, 6) is -0.276. The van der Waals surface area contributed by atoms with Crippen LogP contribution in [0.5, 0.6) is 5.75 Å². The fraction of sp³-hybridized carbons (Fsp3) is 0.238. The maximum atomic E-state index is 13.3. The molecule has 2 aliphatic heterocycles. The maximum absolute atomic E-state index is 13.3. The number of allylic oxidation sites excluding steroid dienone is 1. The number of amides is 1. The molecule has 0 unspecified atom stereocenters. The van der Waals surface area contributed by atoms with Gasteiger partial charge < -0.3 is 9.84 Å². The molecular formula is C21H17FN2O3S. The van der Waals surface area contributed by atoms with Gasteiger partial charge in [0.1, 0.15) is 11.6 Å². The van der Waals surface area contributed by atoms with Gasteiger partial charge in [-0.2, -0.15) is 5.26 Å². The average molecular weight is 396 g/mol. The van der Waals surface area contributed by atoms with E-state index in [0.717, 1.165) is 5.56 Å². The molecule has 0 spiro atoms. The van der Waals surface area contributed by atoms with E-state index < -0.39 is 17.5 Å². The van der Waals surface area contributed by atoms with Gasteiger partial charge >= 0.3 is 0 Å². The van der Waals surface area contributed by atoms with Gasteiger partial charge in [-0.05, 0) is 29.8 Å².